The minimum Gasteiger partial charge on any atom is -0.480 e. The summed E-state index contributed by atoms with van der Waals surface area (Å²) < 4.78 is 14.1. The van der Waals surface area contributed by atoms with Crippen LogP contribution in [-0.4, -0.2) is 22.5 Å². The van der Waals surface area contributed by atoms with Crippen LogP contribution < -0.4 is 5.32 Å². The first-order chi connectivity index (χ1) is 9.78. The molecular weight excluding hydrogens is 293 g/mol. The Balaban J connectivity index is 2.40. The molecule has 2 rings (SSSR count). The Bertz CT molecular complexity index is 725. The van der Waals surface area contributed by atoms with Gasteiger partial charge in [-0.2, -0.15) is 0 Å². The number of carboxylic acids is 1. The number of aryl methyl sites for hydroxylation is 1. The molecule has 0 radical (unpaired) electrons. The summed E-state index contributed by atoms with van der Waals surface area (Å²) in [4.78, 5) is 24.0. The van der Waals surface area contributed by atoms with Gasteiger partial charge in [0.25, 0.3) is 5.91 Å². The number of halogens is 1. The van der Waals surface area contributed by atoms with Crippen molar-refractivity contribution < 1.29 is 19.1 Å². The molecule has 2 N–H and O–H groups in total. The average molecular weight is 309 g/mol. The molecule has 0 saturated heterocycles. The lowest BCUT2D eigenvalue weighted by molar-refractivity contribution is -0.143. The van der Waals surface area contributed by atoms with Gasteiger partial charge in [-0.1, -0.05) is 6.92 Å². The van der Waals surface area contributed by atoms with Gasteiger partial charge in [-0.15, -0.1) is 11.3 Å². The van der Waals surface area contributed by atoms with Gasteiger partial charge >= 0.3 is 5.97 Å². The molecule has 21 heavy (non-hydrogen) atoms. The van der Waals surface area contributed by atoms with E-state index in [4.69, 9.17) is 0 Å². The standard InChI is InChI=1S/C15H16FNO3S/c1-4-15(3,14(19)20)17-13(18)12-8(2)10-7-9(16)5-6-11(10)21-12/h5-7H,4H2,1-3H3,(H,17,18)(H,19,20). The summed E-state index contributed by atoms with van der Waals surface area (Å²) in [5.74, 6) is -1.89. The molecule has 0 fully saturated rings. The van der Waals surface area contributed by atoms with E-state index in [0.29, 0.717) is 15.8 Å². The number of carbonyl (C=O) groups is 2. The highest BCUT2D eigenvalue weighted by Gasteiger charge is 2.34. The van der Waals surface area contributed by atoms with E-state index in [0.717, 1.165) is 4.70 Å². The summed E-state index contributed by atoms with van der Waals surface area (Å²) in [6.07, 6.45) is 0.270. The maximum atomic E-state index is 13.3. The van der Waals surface area contributed by atoms with E-state index in [9.17, 15) is 19.1 Å². The first-order valence-electron chi connectivity index (χ1n) is 6.53. The van der Waals surface area contributed by atoms with Gasteiger partial charge in [0.1, 0.15) is 11.4 Å². The third kappa shape index (κ3) is 2.76. The molecule has 4 nitrogen and oxygen atoms in total. The highest BCUT2D eigenvalue weighted by Crippen LogP contribution is 2.31. The smallest absolute Gasteiger partial charge is 0.329 e. The van der Waals surface area contributed by atoms with E-state index in [1.54, 1.807) is 19.9 Å². The molecule has 112 valence electrons. The summed E-state index contributed by atoms with van der Waals surface area (Å²) in [5.41, 5.74) is -0.652. The second kappa shape index (κ2) is 5.44. The number of thiophene rings is 1. The second-order valence-corrected chi connectivity index (χ2v) is 6.19. The molecule has 1 atom stereocenters. The van der Waals surface area contributed by atoms with Gasteiger partial charge in [-0.3, -0.25) is 4.79 Å². The monoisotopic (exact) mass is 309 g/mol. The maximum Gasteiger partial charge on any atom is 0.329 e. The van der Waals surface area contributed by atoms with Crippen molar-refractivity contribution in [2.45, 2.75) is 32.7 Å². The quantitative estimate of drug-likeness (QED) is 0.910. The lowest BCUT2D eigenvalue weighted by Crippen LogP contribution is -2.51. The van der Waals surface area contributed by atoms with Gasteiger partial charge in [0.05, 0.1) is 4.88 Å². The third-order valence-corrected chi connectivity index (χ3v) is 4.94. The molecule has 0 bridgehead atoms. The predicted molar refractivity (Wildman–Crippen MR) is 80.3 cm³/mol. The van der Waals surface area contributed by atoms with Crippen LogP contribution in [0.25, 0.3) is 10.1 Å². The largest absolute Gasteiger partial charge is 0.480 e. The van der Waals surface area contributed by atoms with Crippen LogP contribution in [-0.2, 0) is 4.79 Å². The van der Waals surface area contributed by atoms with E-state index in [1.165, 1.54) is 30.4 Å². The van der Waals surface area contributed by atoms with Crippen LogP contribution in [0.5, 0.6) is 0 Å². The minimum atomic E-state index is -1.31. The van der Waals surface area contributed by atoms with Crippen LogP contribution >= 0.6 is 11.3 Å². The summed E-state index contributed by atoms with van der Waals surface area (Å²) in [6.45, 7) is 4.90. The van der Waals surface area contributed by atoms with Crippen molar-refractivity contribution in [1.82, 2.24) is 5.32 Å². The number of nitrogens with one attached hydrogen (secondary N) is 1. The summed E-state index contributed by atoms with van der Waals surface area (Å²) >= 11 is 1.23. The Morgan fingerprint density at radius 2 is 2.10 bits per heavy atom. The molecule has 1 aromatic carbocycles. The Kier molecular flexibility index (Phi) is 4.00. The molecule has 0 aliphatic heterocycles. The van der Waals surface area contributed by atoms with Crippen molar-refractivity contribution in [3.8, 4) is 0 Å². The van der Waals surface area contributed by atoms with Gasteiger partial charge < -0.3 is 10.4 Å². The number of benzene rings is 1. The molecule has 6 heteroatoms. The van der Waals surface area contributed by atoms with Gasteiger partial charge in [0.15, 0.2) is 0 Å². The van der Waals surface area contributed by atoms with E-state index in [-0.39, 0.29) is 12.2 Å². The zero-order chi connectivity index (χ0) is 15.8. The third-order valence-electron chi connectivity index (χ3n) is 3.67. The van der Waals surface area contributed by atoms with Crippen LogP contribution in [0.2, 0.25) is 0 Å². The van der Waals surface area contributed by atoms with E-state index in [1.807, 2.05) is 0 Å². The molecule has 1 amide bonds. The summed E-state index contributed by atoms with van der Waals surface area (Å²) in [7, 11) is 0. The predicted octanol–water partition coefficient (Wildman–Crippen LogP) is 3.33. The van der Waals surface area contributed by atoms with Crippen LogP contribution in [0.4, 0.5) is 4.39 Å². The number of carboxylic acid groups (broad SMARTS) is 1. The molecule has 0 aliphatic carbocycles. The van der Waals surface area contributed by atoms with Gasteiger partial charge in [-0.25, -0.2) is 9.18 Å². The zero-order valence-corrected chi connectivity index (χ0v) is 12.8. The zero-order valence-electron chi connectivity index (χ0n) is 12.0. The second-order valence-electron chi connectivity index (χ2n) is 5.14. The molecular formula is C15H16FNO3S. The first kappa shape index (κ1) is 15.4. The van der Waals surface area contributed by atoms with E-state index < -0.39 is 17.4 Å². The van der Waals surface area contributed by atoms with Gasteiger partial charge in [-0.05, 0) is 49.4 Å². The summed E-state index contributed by atoms with van der Waals surface area (Å²) in [5, 5.41) is 12.4. The van der Waals surface area contributed by atoms with Crippen LogP contribution in [0, 0.1) is 12.7 Å². The number of aliphatic carboxylic acids is 1. The van der Waals surface area contributed by atoms with Gasteiger partial charge in [0, 0.05) is 4.70 Å². The summed E-state index contributed by atoms with van der Waals surface area (Å²) in [6, 6.07) is 4.34. The maximum absolute atomic E-state index is 13.3. The highest BCUT2D eigenvalue weighted by atomic mass is 32.1. The van der Waals surface area contributed by atoms with Crippen molar-refractivity contribution in [2.75, 3.05) is 0 Å². The number of fused-ring (bicyclic) bond motifs is 1. The van der Waals surface area contributed by atoms with Crippen molar-refractivity contribution in [3.63, 3.8) is 0 Å². The lowest BCUT2D eigenvalue weighted by Gasteiger charge is -2.24. The van der Waals surface area contributed by atoms with Crippen molar-refractivity contribution in [2.24, 2.45) is 0 Å². The SMILES string of the molecule is CCC(C)(NC(=O)c1sc2ccc(F)cc2c1C)C(=O)O. The number of hydrogen-bond acceptors (Lipinski definition) is 3. The molecule has 2 aromatic rings. The minimum absolute atomic E-state index is 0.270. The Morgan fingerprint density at radius 1 is 1.43 bits per heavy atom. The fourth-order valence-corrected chi connectivity index (χ4v) is 3.09. The number of carbonyl (C=O) groups excluding carboxylic acids is 1. The Hall–Kier alpha value is -1.95. The van der Waals surface area contributed by atoms with Crippen LogP contribution in [0.3, 0.4) is 0 Å². The van der Waals surface area contributed by atoms with E-state index in [2.05, 4.69) is 5.32 Å². The van der Waals surface area contributed by atoms with Crippen molar-refractivity contribution in [3.05, 3.63) is 34.5 Å². The molecule has 0 saturated carbocycles. The van der Waals surface area contributed by atoms with Crippen LogP contribution in [0.1, 0.15) is 35.5 Å². The fourth-order valence-electron chi connectivity index (χ4n) is 2.01. The van der Waals surface area contributed by atoms with Gasteiger partial charge in [0.2, 0.25) is 0 Å². The number of amides is 1. The number of hydrogen-bond donors (Lipinski definition) is 2. The molecule has 1 heterocycles. The fraction of sp³-hybridized carbons (Fsp3) is 0.333. The van der Waals surface area contributed by atoms with Crippen LogP contribution in [0.15, 0.2) is 18.2 Å². The molecule has 1 unspecified atom stereocenters. The molecule has 0 aliphatic rings. The molecule has 0 spiro atoms. The Labute approximate surface area is 125 Å². The van der Waals surface area contributed by atoms with Crippen molar-refractivity contribution in [1.29, 1.82) is 0 Å². The topological polar surface area (TPSA) is 66.4 Å². The molecule has 1 aromatic heterocycles. The lowest BCUT2D eigenvalue weighted by atomic mass is 9.99. The van der Waals surface area contributed by atoms with Crippen molar-refractivity contribution >= 4 is 33.3 Å². The highest BCUT2D eigenvalue weighted by molar-refractivity contribution is 7.21. The number of rotatable bonds is 4. The normalized spacial score (nSPS) is 13.9. The first-order valence-corrected chi connectivity index (χ1v) is 7.34. The average Bonchev–Trinajstić information content (AvgIpc) is 2.75. The Morgan fingerprint density at radius 3 is 2.67 bits per heavy atom. The van der Waals surface area contributed by atoms with E-state index >= 15 is 0 Å².